The number of likely N-dealkylation sites (tertiary alicyclic amines) is 2. The largest absolute Gasteiger partial charge is 0.325 e. The van der Waals surface area contributed by atoms with E-state index in [9.17, 15) is 4.79 Å². The van der Waals surface area contributed by atoms with Gasteiger partial charge in [0.2, 0.25) is 5.91 Å². The molecule has 5 heteroatoms. The first kappa shape index (κ1) is 16.7. The third kappa shape index (κ3) is 3.87. The molecule has 0 spiro atoms. The van der Waals surface area contributed by atoms with Crippen LogP contribution in [0.3, 0.4) is 0 Å². The number of amides is 1. The van der Waals surface area contributed by atoms with Crippen LogP contribution >= 0.6 is 11.6 Å². The highest BCUT2D eigenvalue weighted by Gasteiger charge is 2.34. The predicted octanol–water partition coefficient (Wildman–Crippen LogP) is 3.00. The van der Waals surface area contributed by atoms with Crippen LogP contribution < -0.4 is 5.32 Å². The molecular formula is C18H26ClN3O. The van der Waals surface area contributed by atoms with E-state index < -0.39 is 0 Å². The fraction of sp³-hybridized carbons (Fsp3) is 0.611. The van der Waals surface area contributed by atoms with Gasteiger partial charge < -0.3 is 10.2 Å². The van der Waals surface area contributed by atoms with Crippen molar-refractivity contribution in [2.75, 3.05) is 38.5 Å². The predicted molar refractivity (Wildman–Crippen MR) is 95.0 cm³/mol. The minimum atomic E-state index is 0.0537. The highest BCUT2D eigenvalue weighted by molar-refractivity contribution is 6.31. The van der Waals surface area contributed by atoms with Crippen molar-refractivity contribution in [1.29, 1.82) is 0 Å². The average molecular weight is 336 g/mol. The minimum absolute atomic E-state index is 0.0537. The fourth-order valence-electron chi connectivity index (χ4n) is 4.01. The fourth-order valence-corrected chi connectivity index (χ4v) is 4.18. The number of benzene rings is 1. The molecular weight excluding hydrogens is 310 g/mol. The van der Waals surface area contributed by atoms with E-state index in [0.717, 1.165) is 24.3 Å². The van der Waals surface area contributed by atoms with E-state index in [4.69, 9.17) is 11.6 Å². The molecule has 2 atom stereocenters. The van der Waals surface area contributed by atoms with E-state index >= 15 is 0 Å². The van der Waals surface area contributed by atoms with Crippen molar-refractivity contribution in [3.63, 3.8) is 0 Å². The van der Waals surface area contributed by atoms with E-state index in [1.54, 1.807) is 0 Å². The lowest BCUT2D eigenvalue weighted by atomic mass is 9.84. The van der Waals surface area contributed by atoms with E-state index in [0.29, 0.717) is 23.5 Å². The Hall–Kier alpha value is -1.10. The Bertz CT molecular complexity index is 577. The third-order valence-electron chi connectivity index (χ3n) is 5.34. The molecule has 2 aliphatic heterocycles. The molecule has 0 radical (unpaired) electrons. The van der Waals surface area contributed by atoms with Crippen molar-refractivity contribution in [3.8, 4) is 0 Å². The minimum Gasteiger partial charge on any atom is -0.325 e. The van der Waals surface area contributed by atoms with Crippen LogP contribution in [0.2, 0.25) is 5.02 Å². The van der Waals surface area contributed by atoms with E-state index in [1.807, 2.05) is 25.1 Å². The number of fused-ring (bicyclic) bond motifs is 1. The molecule has 2 unspecified atom stereocenters. The maximum Gasteiger partial charge on any atom is 0.238 e. The number of rotatable bonds is 3. The van der Waals surface area contributed by atoms with Crippen LogP contribution in [0.4, 0.5) is 5.69 Å². The van der Waals surface area contributed by atoms with Gasteiger partial charge in [0.05, 0.1) is 6.54 Å². The van der Waals surface area contributed by atoms with Crippen molar-refractivity contribution in [1.82, 2.24) is 9.80 Å². The Morgan fingerprint density at radius 2 is 2.17 bits per heavy atom. The van der Waals surface area contributed by atoms with Crippen molar-refractivity contribution in [2.45, 2.75) is 32.2 Å². The molecule has 1 aromatic rings. The van der Waals surface area contributed by atoms with Crippen LogP contribution in [0, 0.1) is 12.8 Å². The molecule has 1 N–H and O–H groups in total. The smallest absolute Gasteiger partial charge is 0.238 e. The molecule has 0 bridgehead atoms. The molecule has 2 fully saturated rings. The zero-order valence-corrected chi connectivity index (χ0v) is 14.8. The van der Waals surface area contributed by atoms with Crippen LogP contribution in [-0.2, 0) is 4.79 Å². The first-order chi connectivity index (χ1) is 11.0. The van der Waals surface area contributed by atoms with Gasteiger partial charge in [-0.15, -0.1) is 0 Å². The number of piperidine rings is 2. The van der Waals surface area contributed by atoms with Gasteiger partial charge in [-0.2, -0.15) is 0 Å². The normalized spacial score (nSPS) is 25.9. The second-order valence-corrected chi connectivity index (χ2v) is 7.34. The zero-order valence-electron chi connectivity index (χ0n) is 14.0. The van der Waals surface area contributed by atoms with Gasteiger partial charge in [0.1, 0.15) is 0 Å². The summed E-state index contributed by atoms with van der Waals surface area (Å²) in [7, 11) is 2.24. The third-order valence-corrected chi connectivity index (χ3v) is 5.75. The van der Waals surface area contributed by atoms with Crippen LogP contribution in [-0.4, -0.2) is 55.0 Å². The van der Waals surface area contributed by atoms with E-state index in [1.165, 1.54) is 25.8 Å². The molecule has 0 aromatic heterocycles. The van der Waals surface area contributed by atoms with Crippen LogP contribution in [0.1, 0.15) is 24.8 Å². The second-order valence-electron chi connectivity index (χ2n) is 6.93. The summed E-state index contributed by atoms with van der Waals surface area (Å²) in [6, 6.07) is 6.32. The Morgan fingerprint density at radius 3 is 3.00 bits per heavy atom. The molecule has 2 heterocycles. The Balaban J connectivity index is 1.55. The number of carbonyl (C=O) groups excluding carboxylic acids is 1. The number of hydrogen-bond donors (Lipinski definition) is 1. The molecule has 1 aromatic carbocycles. The lowest BCUT2D eigenvalue weighted by molar-refractivity contribution is -0.118. The molecule has 2 aliphatic rings. The Labute approximate surface area is 143 Å². The second kappa shape index (κ2) is 7.20. The quantitative estimate of drug-likeness (QED) is 0.922. The van der Waals surface area contributed by atoms with Crippen LogP contribution in [0.15, 0.2) is 18.2 Å². The van der Waals surface area contributed by atoms with Gasteiger partial charge >= 0.3 is 0 Å². The topological polar surface area (TPSA) is 35.6 Å². The molecule has 1 amide bonds. The summed E-state index contributed by atoms with van der Waals surface area (Å²) in [5.41, 5.74) is 1.74. The highest BCUT2D eigenvalue weighted by Crippen LogP contribution is 2.29. The molecule has 23 heavy (non-hydrogen) atoms. The Kier molecular flexibility index (Phi) is 5.24. The molecule has 3 rings (SSSR count). The molecule has 126 valence electrons. The van der Waals surface area contributed by atoms with Crippen molar-refractivity contribution < 1.29 is 4.79 Å². The molecule has 2 saturated heterocycles. The molecule has 0 saturated carbocycles. The van der Waals surface area contributed by atoms with Crippen molar-refractivity contribution in [3.05, 3.63) is 28.8 Å². The standard InChI is InChI=1S/C18H26ClN3O/c1-13-15(19)6-3-7-16(13)20-18(23)12-22-10-8-17-14(11-22)5-4-9-21(17)2/h3,6-7,14,17H,4-5,8-12H2,1-2H3,(H,20,23). The number of carbonyl (C=O) groups is 1. The zero-order chi connectivity index (χ0) is 16.4. The van der Waals surface area contributed by atoms with Crippen molar-refractivity contribution in [2.24, 2.45) is 5.92 Å². The van der Waals surface area contributed by atoms with Crippen LogP contribution in [0.5, 0.6) is 0 Å². The first-order valence-electron chi connectivity index (χ1n) is 8.52. The number of anilines is 1. The van der Waals surface area contributed by atoms with Gasteiger partial charge in [-0.1, -0.05) is 17.7 Å². The molecule has 0 aliphatic carbocycles. The van der Waals surface area contributed by atoms with Gasteiger partial charge in [0.25, 0.3) is 0 Å². The van der Waals surface area contributed by atoms with Gasteiger partial charge in [-0.25, -0.2) is 0 Å². The summed E-state index contributed by atoms with van der Waals surface area (Å²) in [5.74, 6) is 0.765. The summed E-state index contributed by atoms with van der Waals surface area (Å²) in [6.07, 6.45) is 3.74. The van der Waals surface area contributed by atoms with E-state index in [2.05, 4.69) is 22.2 Å². The van der Waals surface area contributed by atoms with E-state index in [-0.39, 0.29) is 5.91 Å². The lowest BCUT2D eigenvalue weighted by Gasteiger charge is -2.45. The highest BCUT2D eigenvalue weighted by atomic mass is 35.5. The van der Waals surface area contributed by atoms with Gasteiger partial charge in [0.15, 0.2) is 0 Å². The number of nitrogens with zero attached hydrogens (tertiary/aromatic N) is 2. The Morgan fingerprint density at radius 1 is 1.35 bits per heavy atom. The SMILES string of the molecule is Cc1c(Cl)cccc1NC(=O)CN1CCC2C(CCCN2C)C1. The average Bonchev–Trinajstić information content (AvgIpc) is 2.52. The van der Waals surface area contributed by atoms with Gasteiger partial charge in [-0.3, -0.25) is 9.69 Å². The first-order valence-corrected chi connectivity index (χ1v) is 8.90. The lowest BCUT2D eigenvalue weighted by Crippen LogP contribution is -2.53. The van der Waals surface area contributed by atoms with Crippen LogP contribution in [0.25, 0.3) is 0 Å². The summed E-state index contributed by atoms with van der Waals surface area (Å²) < 4.78 is 0. The van der Waals surface area contributed by atoms with Gasteiger partial charge in [0, 0.05) is 29.8 Å². The number of nitrogens with one attached hydrogen (secondary N) is 1. The number of halogens is 1. The summed E-state index contributed by atoms with van der Waals surface area (Å²) in [4.78, 5) is 17.2. The van der Waals surface area contributed by atoms with Crippen molar-refractivity contribution >= 4 is 23.2 Å². The maximum absolute atomic E-state index is 12.4. The maximum atomic E-state index is 12.4. The molecule has 4 nitrogen and oxygen atoms in total. The summed E-state index contributed by atoms with van der Waals surface area (Å²) in [6.45, 7) is 5.67. The summed E-state index contributed by atoms with van der Waals surface area (Å²) in [5, 5.41) is 3.69. The monoisotopic (exact) mass is 335 g/mol. The summed E-state index contributed by atoms with van der Waals surface area (Å²) >= 11 is 6.11. The number of hydrogen-bond acceptors (Lipinski definition) is 3. The van der Waals surface area contributed by atoms with Gasteiger partial charge in [-0.05, 0) is 63.4 Å².